The molecule has 1 aliphatic heterocycles. The third-order valence-electron chi connectivity index (χ3n) is 6.01. The van der Waals surface area contributed by atoms with E-state index in [1.165, 1.54) is 12.1 Å². The monoisotopic (exact) mass is 455 g/mol. The number of nitrogens with zero attached hydrogens (tertiary/aromatic N) is 5. The van der Waals surface area contributed by atoms with Crippen molar-refractivity contribution in [2.24, 2.45) is 0 Å². The van der Waals surface area contributed by atoms with Gasteiger partial charge in [-0.25, -0.2) is 19.3 Å². The van der Waals surface area contributed by atoms with E-state index >= 15 is 0 Å². The van der Waals surface area contributed by atoms with Crippen LogP contribution in [0.2, 0.25) is 0 Å². The van der Waals surface area contributed by atoms with Gasteiger partial charge in [-0.3, -0.25) is 4.98 Å². The summed E-state index contributed by atoms with van der Waals surface area (Å²) in [5.74, 6) is 1.09. The molecule has 1 fully saturated rings. The van der Waals surface area contributed by atoms with E-state index in [1.54, 1.807) is 30.7 Å². The summed E-state index contributed by atoms with van der Waals surface area (Å²) in [7, 11) is 2.15. The molecule has 8 heteroatoms. The van der Waals surface area contributed by atoms with Gasteiger partial charge in [0.15, 0.2) is 0 Å². The maximum absolute atomic E-state index is 13.2. The van der Waals surface area contributed by atoms with Crippen LogP contribution >= 0.6 is 0 Å². The molecule has 5 rings (SSSR count). The number of halogens is 1. The fourth-order valence-corrected chi connectivity index (χ4v) is 4.03. The zero-order valence-electron chi connectivity index (χ0n) is 19.0. The fourth-order valence-electron chi connectivity index (χ4n) is 4.03. The average molecular weight is 456 g/mol. The summed E-state index contributed by atoms with van der Waals surface area (Å²) in [5, 5.41) is 7.61. The lowest BCUT2D eigenvalue weighted by Gasteiger charge is -2.29. The molecule has 34 heavy (non-hydrogen) atoms. The Balaban J connectivity index is 1.35. The molecule has 1 aliphatic rings. The number of pyridine rings is 2. The van der Waals surface area contributed by atoms with Gasteiger partial charge in [-0.05, 0) is 62.8 Å². The summed E-state index contributed by atoms with van der Waals surface area (Å²) in [6.07, 6.45) is 7.42. The number of piperidine rings is 1. The van der Waals surface area contributed by atoms with Crippen LogP contribution in [0.4, 0.5) is 16.0 Å². The van der Waals surface area contributed by atoms with E-state index in [-0.39, 0.29) is 5.82 Å². The zero-order chi connectivity index (χ0) is 23.5. The van der Waals surface area contributed by atoms with E-state index in [0.717, 1.165) is 53.9 Å². The van der Waals surface area contributed by atoms with Gasteiger partial charge in [-0.1, -0.05) is 18.7 Å². The van der Waals surface area contributed by atoms with Gasteiger partial charge in [-0.15, -0.1) is 0 Å². The second-order valence-corrected chi connectivity index (χ2v) is 8.58. The number of nitrogens with one attached hydrogen (secondary N) is 2. The SMILES string of the molecule is C=C(Nc1cc2nc(-c3cncc(NC4CCN(C)CC4)n3)ccc2cn1)c1ccc(F)cc1. The third-order valence-corrected chi connectivity index (χ3v) is 6.01. The van der Waals surface area contributed by atoms with Crippen LogP contribution in [-0.4, -0.2) is 51.0 Å². The molecule has 4 aromatic rings. The maximum Gasteiger partial charge on any atom is 0.145 e. The predicted octanol–water partition coefficient (Wildman–Crippen LogP) is 4.81. The van der Waals surface area contributed by atoms with Gasteiger partial charge < -0.3 is 15.5 Å². The van der Waals surface area contributed by atoms with E-state index in [9.17, 15) is 4.39 Å². The number of rotatable bonds is 6. The van der Waals surface area contributed by atoms with Crippen molar-refractivity contribution in [3.05, 3.63) is 79.0 Å². The normalized spacial score (nSPS) is 14.8. The molecule has 0 bridgehead atoms. The number of aromatic nitrogens is 4. The topological polar surface area (TPSA) is 78.9 Å². The Kier molecular flexibility index (Phi) is 6.14. The first-order chi connectivity index (χ1) is 16.5. The number of likely N-dealkylation sites (tertiary alicyclic amines) is 1. The fraction of sp³-hybridized carbons (Fsp3) is 0.231. The molecule has 172 valence electrons. The molecule has 0 unspecified atom stereocenters. The molecule has 0 saturated carbocycles. The number of anilines is 2. The van der Waals surface area contributed by atoms with Crippen molar-refractivity contribution in [3.63, 3.8) is 0 Å². The first-order valence-corrected chi connectivity index (χ1v) is 11.3. The van der Waals surface area contributed by atoms with E-state index in [4.69, 9.17) is 9.97 Å². The van der Waals surface area contributed by atoms with Crippen molar-refractivity contribution in [2.45, 2.75) is 18.9 Å². The van der Waals surface area contributed by atoms with Gasteiger partial charge in [0.05, 0.1) is 23.6 Å². The van der Waals surface area contributed by atoms with Crippen LogP contribution in [0.5, 0.6) is 0 Å². The summed E-state index contributed by atoms with van der Waals surface area (Å²) >= 11 is 0. The smallest absolute Gasteiger partial charge is 0.145 e. The standard InChI is InChI=1S/C26H26FN7/c1-17(18-3-6-20(27)7-4-18)30-25-13-23-19(14-29-25)5-8-22(32-23)24-15-28-16-26(33-24)31-21-9-11-34(2)12-10-21/h3-8,13-16,21H,1,9-12H2,2H3,(H,29,30)(H,31,33). The number of benzene rings is 1. The van der Waals surface area contributed by atoms with Crippen LogP contribution in [0.3, 0.4) is 0 Å². The molecular weight excluding hydrogens is 429 g/mol. The highest BCUT2D eigenvalue weighted by Gasteiger charge is 2.17. The van der Waals surface area contributed by atoms with Gasteiger partial charge in [0.25, 0.3) is 0 Å². The van der Waals surface area contributed by atoms with Crippen molar-refractivity contribution < 1.29 is 4.39 Å². The molecule has 1 saturated heterocycles. The van der Waals surface area contributed by atoms with E-state index in [0.29, 0.717) is 23.3 Å². The van der Waals surface area contributed by atoms with Crippen molar-refractivity contribution in [3.8, 4) is 11.4 Å². The average Bonchev–Trinajstić information content (AvgIpc) is 2.85. The number of hydrogen-bond donors (Lipinski definition) is 2. The Labute approximate surface area is 197 Å². The minimum Gasteiger partial charge on any atom is -0.366 e. The molecule has 7 nitrogen and oxygen atoms in total. The molecule has 0 atom stereocenters. The van der Waals surface area contributed by atoms with Gasteiger partial charge in [0.2, 0.25) is 0 Å². The molecular formula is C26H26FN7. The molecule has 0 spiro atoms. The van der Waals surface area contributed by atoms with Crippen molar-refractivity contribution in [1.82, 2.24) is 24.8 Å². The maximum atomic E-state index is 13.2. The quantitative estimate of drug-likeness (QED) is 0.432. The molecule has 0 radical (unpaired) electrons. The van der Waals surface area contributed by atoms with E-state index in [1.807, 2.05) is 18.2 Å². The first kappa shape index (κ1) is 21.9. The highest BCUT2D eigenvalue weighted by atomic mass is 19.1. The predicted molar refractivity (Wildman–Crippen MR) is 134 cm³/mol. The summed E-state index contributed by atoms with van der Waals surface area (Å²) in [4.78, 5) is 20.7. The van der Waals surface area contributed by atoms with Crippen LogP contribution in [0.1, 0.15) is 18.4 Å². The molecule has 0 amide bonds. The van der Waals surface area contributed by atoms with Crippen molar-refractivity contribution in [2.75, 3.05) is 30.8 Å². The second-order valence-electron chi connectivity index (χ2n) is 8.58. The van der Waals surface area contributed by atoms with E-state index < -0.39 is 0 Å². The molecule has 4 heterocycles. The number of hydrogen-bond acceptors (Lipinski definition) is 7. The van der Waals surface area contributed by atoms with E-state index in [2.05, 4.69) is 39.1 Å². The van der Waals surface area contributed by atoms with Crippen LogP contribution in [0.15, 0.2) is 67.6 Å². The van der Waals surface area contributed by atoms with Crippen molar-refractivity contribution in [1.29, 1.82) is 0 Å². The summed E-state index contributed by atoms with van der Waals surface area (Å²) in [6.45, 7) is 6.19. The van der Waals surface area contributed by atoms with Crippen LogP contribution in [0, 0.1) is 5.82 Å². The molecule has 0 aliphatic carbocycles. The van der Waals surface area contributed by atoms with Crippen molar-refractivity contribution >= 4 is 28.2 Å². The lowest BCUT2D eigenvalue weighted by Crippen LogP contribution is -2.36. The van der Waals surface area contributed by atoms with Gasteiger partial charge >= 0.3 is 0 Å². The third kappa shape index (κ3) is 5.02. The summed E-state index contributed by atoms with van der Waals surface area (Å²) < 4.78 is 13.2. The Hall–Kier alpha value is -3.91. The summed E-state index contributed by atoms with van der Waals surface area (Å²) in [6, 6.07) is 12.3. The van der Waals surface area contributed by atoms with Gasteiger partial charge in [0.1, 0.15) is 23.1 Å². The molecule has 1 aromatic carbocycles. The van der Waals surface area contributed by atoms with Gasteiger partial charge in [-0.2, -0.15) is 0 Å². The lowest BCUT2D eigenvalue weighted by atomic mass is 10.1. The Morgan fingerprint density at radius 3 is 2.56 bits per heavy atom. The second kappa shape index (κ2) is 9.52. The van der Waals surface area contributed by atoms with Gasteiger partial charge in [0, 0.05) is 29.4 Å². The minimum absolute atomic E-state index is 0.286. The minimum atomic E-state index is -0.286. The van der Waals surface area contributed by atoms with Crippen LogP contribution < -0.4 is 10.6 Å². The largest absolute Gasteiger partial charge is 0.366 e. The Morgan fingerprint density at radius 2 is 1.76 bits per heavy atom. The lowest BCUT2D eigenvalue weighted by molar-refractivity contribution is 0.263. The van der Waals surface area contributed by atoms with Crippen LogP contribution in [0.25, 0.3) is 28.0 Å². The summed E-state index contributed by atoms with van der Waals surface area (Å²) in [5.41, 5.74) is 3.64. The first-order valence-electron chi connectivity index (χ1n) is 11.3. The zero-order valence-corrected chi connectivity index (χ0v) is 19.0. The number of fused-ring (bicyclic) bond motifs is 1. The highest BCUT2D eigenvalue weighted by molar-refractivity contribution is 5.84. The molecule has 3 aromatic heterocycles. The van der Waals surface area contributed by atoms with Crippen LogP contribution in [-0.2, 0) is 0 Å². The molecule has 2 N–H and O–H groups in total. The highest BCUT2D eigenvalue weighted by Crippen LogP contribution is 2.23. The Bertz CT molecular complexity index is 1310. The Morgan fingerprint density at radius 1 is 0.971 bits per heavy atom.